The van der Waals surface area contributed by atoms with E-state index < -0.39 is 22.5 Å². The van der Waals surface area contributed by atoms with Crippen molar-refractivity contribution in [2.75, 3.05) is 17.5 Å². The molecule has 1 amide bonds. The van der Waals surface area contributed by atoms with Gasteiger partial charge in [0.05, 0.1) is 16.6 Å². The van der Waals surface area contributed by atoms with Gasteiger partial charge in [0.15, 0.2) is 0 Å². The van der Waals surface area contributed by atoms with Crippen molar-refractivity contribution in [2.45, 2.75) is 38.6 Å². The molecule has 1 atom stereocenters. The zero-order chi connectivity index (χ0) is 24.9. The van der Waals surface area contributed by atoms with Crippen molar-refractivity contribution in [3.63, 3.8) is 0 Å². The van der Waals surface area contributed by atoms with Crippen molar-refractivity contribution < 1.29 is 17.9 Å². The fraction of sp³-hybridized carbons (Fsp3) is 0.269. The molecule has 180 valence electrons. The summed E-state index contributed by atoms with van der Waals surface area (Å²) >= 11 is 6.27. The predicted molar refractivity (Wildman–Crippen MR) is 136 cm³/mol. The Morgan fingerprint density at radius 3 is 2.18 bits per heavy atom. The first-order valence-corrected chi connectivity index (χ1v) is 12.7. The van der Waals surface area contributed by atoms with Gasteiger partial charge < -0.3 is 10.1 Å². The molecule has 0 bridgehead atoms. The lowest BCUT2D eigenvalue weighted by molar-refractivity contribution is -0.120. The van der Waals surface area contributed by atoms with Gasteiger partial charge in [0, 0.05) is 5.02 Å². The highest BCUT2D eigenvalue weighted by molar-refractivity contribution is 7.92. The maximum absolute atomic E-state index is 13.5. The first-order valence-electron chi connectivity index (χ1n) is 10.9. The third kappa shape index (κ3) is 6.30. The van der Waals surface area contributed by atoms with Crippen LogP contribution in [0, 0.1) is 20.8 Å². The summed E-state index contributed by atoms with van der Waals surface area (Å²) in [4.78, 5) is 13.0. The third-order valence-corrected chi connectivity index (χ3v) is 7.52. The summed E-state index contributed by atoms with van der Waals surface area (Å²) in [6, 6.07) is 18.8. The smallest absolute Gasteiger partial charge is 0.264 e. The normalized spacial score (nSPS) is 12.1. The quantitative estimate of drug-likeness (QED) is 0.446. The summed E-state index contributed by atoms with van der Waals surface area (Å²) in [5.74, 6) is 0.250. The second-order valence-corrected chi connectivity index (χ2v) is 10.6. The molecular formula is C26H29ClN2O4S. The number of halogens is 1. The average Bonchev–Trinajstić information content (AvgIpc) is 2.79. The molecule has 0 radical (unpaired) electrons. The molecule has 1 N–H and O–H groups in total. The lowest BCUT2D eigenvalue weighted by atomic mass is 10.2. The molecule has 0 saturated carbocycles. The fourth-order valence-corrected chi connectivity index (χ4v) is 5.00. The van der Waals surface area contributed by atoms with E-state index in [1.165, 1.54) is 12.1 Å². The molecule has 0 aromatic heterocycles. The summed E-state index contributed by atoms with van der Waals surface area (Å²) in [5.41, 5.74) is 2.99. The molecule has 0 aliphatic rings. The molecule has 0 aliphatic heterocycles. The van der Waals surface area contributed by atoms with E-state index in [-0.39, 0.29) is 17.5 Å². The standard InChI is InChI=1S/C26H29ClN2O4S/c1-18-8-12-22(13-9-18)33-17-20(3)28-26(30)16-29(25-7-5-6-24(27)21(25)4)34(31,32)23-14-10-19(2)11-15-23/h5-15,20H,16-17H2,1-4H3,(H,28,30). The molecule has 1 unspecified atom stereocenters. The summed E-state index contributed by atoms with van der Waals surface area (Å²) in [6.45, 7) is 7.25. The highest BCUT2D eigenvalue weighted by atomic mass is 35.5. The number of aryl methyl sites for hydroxylation is 2. The maximum Gasteiger partial charge on any atom is 0.264 e. The Bertz CT molecular complexity index is 1240. The molecule has 0 saturated heterocycles. The van der Waals surface area contributed by atoms with Gasteiger partial charge in [0.25, 0.3) is 10.0 Å². The monoisotopic (exact) mass is 500 g/mol. The Hall–Kier alpha value is -3.03. The Kier molecular flexibility index (Phi) is 8.23. The zero-order valence-electron chi connectivity index (χ0n) is 19.7. The zero-order valence-corrected chi connectivity index (χ0v) is 21.3. The van der Waals surface area contributed by atoms with E-state index in [9.17, 15) is 13.2 Å². The summed E-state index contributed by atoms with van der Waals surface area (Å²) in [7, 11) is -4.02. The van der Waals surface area contributed by atoms with Gasteiger partial charge in [-0.05, 0) is 69.7 Å². The van der Waals surface area contributed by atoms with E-state index in [2.05, 4.69) is 5.32 Å². The van der Waals surface area contributed by atoms with E-state index in [1.807, 2.05) is 38.1 Å². The molecule has 8 heteroatoms. The molecule has 3 aromatic rings. The van der Waals surface area contributed by atoms with E-state index in [4.69, 9.17) is 16.3 Å². The van der Waals surface area contributed by atoms with Crippen LogP contribution in [0.25, 0.3) is 0 Å². The van der Waals surface area contributed by atoms with Gasteiger partial charge in [0.2, 0.25) is 5.91 Å². The molecule has 3 rings (SSSR count). The van der Waals surface area contributed by atoms with Crippen molar-refractivity contribution in [1.82, 2.24) is 5.32 Å². The van der Waals surface area contributed by atoms with Crippen LogP contribution in [0.15, 0.2) is 71.6 Å². The van der Waals surface area contributed by atoms with Gasteiger partial charge in [-0.2, -0.15) is 0 Å². The number of hydrogen-bond donors (Lipinski definition) is 1. The van der Waals surface area contributed by atoms with Crippen molar-refractivity contribution >= 4 is 33.2 Å². The van der Waals surface area contributed by atoms with Crippen LogP contribution in [0.5, 0.6) is 5.75 Å². The number of nitrogens with zero attached hydrogens (tertiary/aromatic N) is 1. The van der Waals surface area contributed by atoms with Crippen LogP contribution in [0.2, 0.25) is 5.02 Å². The van der Waals surface area contributed by atoms with Crippen molar-refractivity contribution in [3.05, 3.63) is 88.4 Å². The largest absolute Gasteiger partial charge is 0.491 e. The topological polar surface area (TPSA) is 75.7 Å². The molecule has 34 heavy (non-hydrogen) atoms. The number of benzene rings is 3. The SMILES string of the molecule is Cc1ccc(OCC(C)NC(=O)CN(c2cccc(Cl)c2C)S(=O)(=O)c2ccc(C)cc2)cc1. The van der Waals surface area contributed by atoms with E-state index in [1.54, 1.807) is 44.2 Å². The van der Waals surface area contributed by atoms with E-state index >= 15 is 0 Å². The van der Waals surface area contributed by atoms with Crippen LogP contribution in [0.3, 0.4) is 0 Å². The number of ether oxygens (including phenoxy) is 1. The second-order valence-electron chi connectivity index (χ2n) is 8.30. The van der Waals surface area contributed by atoms with E-state index in [0.29, 0.717) is 22.0 Å². The predicted octanol–water partition coefficient (Wildman–Crippen LogP) is 5.04. The van der Waals surface area contributed by atoms with Crippen LogP contribution in [-0.4, -0.2) is 33.5 Å². The van der Waals surface area contributed by atoms with Crippen molar-refractivity contribution in [3.8, 4) is 5.75 Å². The number of rotatable bonds is 9. The fourth-order valence-electron chi connectivity index (χ4n) is 3.35. The maximum atomic E-state index is 13.5. The number of anilines is 1. The molecule has 3 aromatic carbocycles. The van der Waals surface area contributed by atoms with Gasteiger partial charge in [-0.25, -0.2) is 8.42 Å². The molecule has 0 spiro atoms. The molecule has 0 aliphatic carbocycles. The number of sulfonamides is 1. The Balaban J connectivity index is 1.79. The van der Waals surface area contributed by atoms with Crippen LogP contribution in [0.1, 0.15) is 23.6 Å². The van der Waals surface area contributed by atoms with Gasteiger partial charge in [0.1, 0.15) is 18.9 Å². The highest BCUT2D eigenvalue weighted by Crippen LogP contribution is 2.30. The number of hydrogen-bond acceptors (Lipinski definition) is 4. The third-order valence-electron chi connectivity index (χ3n) is 5.33. The lowest BCUT2D eigenvalue weighted by Gasteiger charge is -2.26. The minimum Gasteiger partial charge on any atom is -0.491 e. The Labute approximate surface area is 206 Å². The Morgan fingerprint density at radius 2 is 1.56 bits per heavy atom. The van der Waals surface area contributed by atoms with Gasteiger partial charge in [-0.3, -0.25) is 9.10 Å². The summed E-state index contributed by atoms with van der Waals surface area (Å²) < 4.78 is 33.9. The second kappa shape index (κ2) is 10.9. The molecular weight excluding hydrogens is 472 g/mol. The molecule has 6 nitrogen and oxygen atoms in total. The van der Waals surface area contributed by atoms with Crippen LogP contribution in [-0.2, 0) is 14.8 Å². The number of nitrogens with one attached hydrogen (secondary N) is 1. The average molecular weight is 501 g/mol. The van der Waals surface area contributed by atoms with Crippen LogP contribution >= 0.6 is 11.6 Å². The van der Waals surface area contributed by atoms with Crippen LogP contribution < -0.4 is 14.4 Å². The Morgan fingerprint density at radius 1 is 0.971 bits per heavy atom. The summed E-state index contributed by atoms with van der Waals surface area (Å²) in [6.07, 6.45) is 0. The first-order chi connectivity index (χ1) is 16.1. The highest BCUT2D eigenvalue weighted by Gasteiger charge is 2.29. The molecule has 0 heterocycles. The van der Waals surface area contributed by atoms with Gasteiger partial charge in [-0.15, -0.1) is 0 Å². The van der Waals surface area contributed by atoms with Crippen LogP contribution in [0.4, 0.5) is 5.69 Å². The number of amides is 1. The van der Waals surface area contributed by atoms with Gasteiger partial charge in [-0.1, -0.05) is 53.1 Å². The van der Waals surface area contributed by atoms with Crippen molar-refractivity contribution in [1.29, 1.82) is 0 Å². The molecule has 0 fully saturated rings. The minimum absolute atomic E-state index is 0.0982. The number of carbonyl (C=O) groups excluding carboxylic acids is 1. The summed E-state index contributed by atoms with van der Waals surface area (Å²) in [5, 5.41) is 3.24. The number of carbonyl (C=O) groups is 1. The van der Waals surface area contributed by atoms with E-state index in [0.717, 1.165) is 15.4 Å². The van der Waals surface area contributed by atoms with Gasteiger partial charge >= 0.3 is 0 Å². The van der Waals surface area contributed by atoms with Crippen molar-refractivity contribution in [2.24, 2.45) is 0 Å². The lowest BCUT2D eigenvalue weighted by Crippen LogP contribution is -2.45. The minimum atomic E-state index is -4.02. The first kappa shape index (κ1) is 25.6.